The van der Waals surface area contributed by atoms with Crippen molar-refractivity contribution in [1.82, 2.24) is 14.8 Å². The summed E-state index contributed by atoms with van der Waals surface area (Å²) >= 11 is 0. The van der Waals surface area contributed by atoms with Gasteiger partial charge in [-0.15, -0.1) is 0 Å². The number of hydrogen-bond acceptors (Lipinski definition) is 3. The monoisotopic (exact) mass is 357 g/mol. The van der Waals surface area contributed by atoms with Gasteiger partial charge in [0.25, 0.3) is 11.7 Å². The van der Waals surface area contributed by atoms with Crippen LogP contribution in [0, 0.1) is 6.92 Å². The van der Waals surface area contributed by atoms with E-state index in [1.807, 2.05) is 49.7 Å². The minimum atomic E-state index is -0.514. The standard InChI is InChI=1S/C21H31N3O2/c1-6-24(7-2)14-10-11-15(3)22-21(26)20(25)19-16(4)23(5)18-13-9-8-12-17(18)19/h8-9,12-13,15H,6-7,10-11,14H2,1-5H3,(H,22,26)/t15-/m1/s1. The summed E-state index contributed by atoms with van der Waals surface area (Å²) < 4.78 is 1.96. The van der Waals surface area contributed by atoms with Crippen LogP contribution in [-0.4, -0.2) is 46.8 Å². The summed E-state index contributed by atoms with van der Waals surface area (Å²) in [5.74, 6) is -0.963. The van der Waals surface area contributed by atoms with Gasteiger partial charge in [-0.2, -0.15) is 0 Å². The summed E-state index contributed by atoms with van der Waals surface area (Å²) in [5, 5.41) is 3.71. The molecular weight excluding hydrogens is 326 g/mol. The van der Waals surface area contributed by atoms with Crippen LogP contribution in [0.4, 0.5) is 0 Å². The minimum absolute atomic E-state index is 0.0164. The van der Waals surface area contributed by atoms with E-state index in [1.165, 1.54) is 0 Å². The van der Waals surface area contributed by atoms with Crippen LogP contribution >= 0.6 is 0 Å². The number of aromatic nitrogens is 1. The molecule has 0 radical (unpaired) electrons. The van der Waals surface area contributed by atoms with Crippen LogP contribution in [0.2, 0.25) is 0 Å². The predicted molar refractivity (Wildman–Crippen MR) is 107 cm³/mol. The lowest BCUT2D eigenvalue weighted by Crippen LogP contribution is -2.38. The molecule has 1 aromatic heterocycles. The van der Waals surface area contributed by atoms with Crippen molar-refractivity contribution in [3.63, 3.8) is 0 Å². The number of aryl methyl sites for hydroxylation is 1. The van der Waals surface area contributed by atoms with Gasteiger partial charge < -0.3 is 14.8 Å². The number of amides is 1. The number of ketones is 1. The van der Waals surface area contributed by atoms with E-state index in [0.717, 1.165) is 49.1 Å². The zero-order chi connectivity index (χ0) is 19.3. The molecule has 0 aliphatic carbocycles. The van der Waals surface area contributed by atoms with Gasteiger partial charge in [-0.05, 0) is 52.4 Å². The molecule has 0 aliphatic rings. The number of nitrogens with one attached hydrogen (secondary N) is 1. The number of hydrogen-bond donors (Lipinski definition) is 1. The number of nitrogens with zero attached hydrogens (tertiary/aromatic N) is 2. The molecule has 0 saturated heterocycles. The second-order valence-corrected chi connectivity index (χ2v) is 6.91. The zero-order valence-electron chi connectivity index (χ0n) is 16.6. The molecular formula is C21H31N3O2. The predicted octanol–water partition coefficient (Wildman–Crippen LogP) is 3.30. The van der Waals surface area contributed by atoms with Crippen LogP contribution in [0.3, 0.4) is 0 Å². The van der Waals surface area contributed by atoms with E-state index in [1.54, 1.807) is 0 Å². The summed E-state index contributed by atoms with van der Waals surface area (Å²) in [4.78, 5) is 27.6. The topological polar surface area (TPSA) is 54.3 Å². The minimum Gasteiger partial charge on any atom is -0.347 e. The van der Waals surface area contributed by atoms with E-state index in [0.29, 0.717) is 5.56 Å². The van der Waals surface area contributed by atoms with E-state index in [4.69, 9.17) is 0 Å². The molecule has 0 saturated carbocycles. The van der Waals surface area contributed by atoms with Crippen LogP contribution in [0.1, 0.15) is 49.7 Å². The average Bonchev–Trinajstić information content (AvgIpc) is 2.89. The van der Waals surface area contributed by atoms with Crippen LogP contribution in [0.5, 0.6) is 0 Å². The van der Waals surface area contributed by atoms with Crippen LogP contribution < -0.4 is 5.32 Å². The Balaban J connectivity index is 2.02. The molecule has 2 aromatic rings. The number of Topliss-reactive ketones (excluding diaryl/α,β-unsaturated/α-hetero) is 1. The maximum absolute atomic E-state index is 12.8. The molecule has 0 aliphatic heterocycles. The number of fused-ring (bicyclic) bond motifs is 1. The fraction of sp³-hybridized carbons (Fsp3) is 0.524. The van der Waals surface area contributed by atoms with Crippen molar-refractivity contribution in [2.45, 2.75) is 46.6 Å². The molecule has 1 heterocycles. The first-order valence-corrected chi connectivity index (χ1v) is 9.52. The van der Waals surface area contributed by atoms with Gasteiger partial charge >= 0.3 is 0 Å². The molecule has 0 unspecified atom stereocenters. The van der Waals surface area contributed by atoms with Crippen molar-refractivity contribution in [1.29, 1.82) is 0 Å². The SMILES string of the molecule is CCN(CC)CCC[C@@H](C)NC(=O)C(=O)c1c(C)n(C)c2ccccc12. The molecule has 5 nitrogen and oxygen atoms in total. The van der Waals surface area contributed by atoms with Gasteiger partial charge in [-0.25, -0.2) is 0 Å². The molecule has 0 fully saturated rings. The Morgan fingerprint density at radius 2 is 1.85 bits per heavy atom. The fourth-order valence-corrected chi connectivity index (χ4v) is 3.44. The third-order valence-corrected chi connectivity index (χ3v) is 5.22. The third-order valence-electron chi connectivity index (χ3n) is 5.22. The highest BCUT2D eigenvalue weighted by atomic mass is 16.2. The summed E-state index contributed by atoms with van der Waals surface area (Å²) in [5.41, 5.74) is 2.30. The first-order chi connectivity index (χ1) is 12.4. The normalized spacial score (nSPS) is 12.5. The number of para-hydroxylation sites is 1. The molecule has 5 heteroatoms. The highest BCUT2D eigenvalue weighted by molar-refractivity contribution is 6.45. The molecule has 142 valence electrons. The third kappa shape index (κ3) is 4.33. The average molecular weight is 357 g/mol. The zero-order valence-corrected chi connectivity index (χ0v) is 16.6. The molecule has 1 amide bonds. The lowest BCUT2D eigenvalue weighted by Gasteiger charge is -2.19. The molecule has 1 atom stereocenters. The van der Waals surface area contributed by atoms with E-state index in [2.05, 4.69) is 24.1 Å². The number of rotatable bonds is 9. The maximum atomic E-state index is 12.8. The van der Waals surface area contributed by atoms with Crippen LogP contribution in [0.25, 0.3) is 10.9 Å². The Morgan fingerprint density at radius 3 is 2.50 bits per heavy atom. The van der Waals surface area contributed by atoms with E-state index < -0.39 is 11.7 Å². The smallest absolute Gasteiger partial charge is 0.292 e. The van der Waals surface area contributed by atoms with Gasteiger partial charge in [0.05, 0.1) is 5.56 Å². The van der Waals surface area contributed by atoms with Gasteiger partial charge in [0, 0.05) is 29.7 Å². The van der Waals surface area contributed by atoms with Gasteiger partial charge in [0.15, 0.2) is 0 Å². The van der Waals surface area contributed by atoms with Crippen molar-refractivity contribution < 1.29 is 9.59 Å². The quantitative estimate of drug-likeness (QED) is 0.553. The molecule has 26 heavy (non-hydrogen) atoms. The lowest BCUT2D eigenvalue weighted by atomic mass is 10.1. The van der Waals surface area contributed by atoms with Crippen LogP contribution in [0.15, 0.2) is 24.3 Å². The first kappa shape index (κ1) is 20.2. The van der Waals surface area contributed by atoms with Gasteiger partial charge in [-0.1, -0.05) is 32.0 Å². The van der Waals surface area contributed by atoms with Crippen molar-refractivity contribution in [2.24, 2.45) is 7.05 Å². The van der Waals surface area contributed by atoms with Gasteiger partial charge in [-0.3, -0.25) is 9.59 Å². The second kappa shape index (κ2) is 8.99. The second-order valence-electron chi connectivity index (χ2n) is 6.91. The highest BCUT2D eigenvalue weighted by Crippen LogP contribution is 2.25. The first-order valence-electron chi connectivity index (χ1n) is 9.52. The van der Waals surface area contributed by atoms with Gasteiger partial charge in [0.2, 0.25) is 0 Å². The van der Waals surface area contributed by atoms with E-state index in [-0.39, 0.29) is 6.04 Å². The largest absolute Gasteiger partial charge is 0.347 e. The molecule has 2 rings (SSSR count). The summed E-state index contributed by atoms with van der Waals surface area (Å²) in [6, 6.07) is 7.68. The molecule has 1 N–H and O–H groups in total. The summed E-state index contributed by atoms with van der Waals surface area (Å²) in [7, 11) is 1.92. The van der Waals surface area contributed by atoms with Crippen molar-refractivity contribution >= 4 is 22.6 Å². The molecule has 0 bridgehead atoms. The molecule has 0 spiro atoms. The van der Waals surface area contributed by atoms with Crippen LogP contribution in [-0.2, 0) is 11.8 Å². The summed E-state index contributed by atoms with van der Waals surface area (Å²) in [6.45, 7) is 11.2. The summed E-state index contributed by atoms with van der Waals surface area (Å²) in [6.07, 6.45) is 1.87. The fourth-order valence-electron chi connectivity index (χ4n) is 3.44. The van der Waals surface area contributed by atoms with E-state index in [9.17, 15) is 9.59 Å². The van der Waals surface area contributed by atoms with Crippen molar-refractivity contribution in [2.75, 3.05) is 19.6 Å². The number of carbonyl (C=O) groups is 2. The Morgan fingerprint density at radius 1 is 1.19 bits per heavy atom. The lowest BCUT2D eigenvalue weighted by molar-refractivity contribution is -0.117. The van der Waals surface area contributed by atoms with Gasteiger partial charge in [0.1, 0.15) is 0 Å². The van der Waals surface area contributed by atoms with Crippen molar-refractivity contribution in [3.8, 4) is 0 Å². The van der Waals surface area contributed by atoms with Crippen molar-refractivity contribution in [3.05, 3.63) is 35.5 Å². The van der Waals surface area contributed by atoms with E-state index >= 15 is 0 Å². The Bertz CT molecular complexity index is 775. The highest BCUT2D eigenvalue weighted by Gasteiger charge is 2.24. The number of benzene rings is 1. The Kier molecular flexibility index (Phi) is 6.98. The number of carbonyl (C=O) groups excluding carboxylic acids is 2. The maximum Gasteiger partial charge on any atom is 0.292 e. The molecule has 1 aromatic carbocycles. The Hall–Kier alpha value is -2.14. The Labute approximate surface area is 156 Å².